The van der Waals surface area contributed by atoms with Gasteiger partial charge >= 0.3 is 0 Å². The fourth-order valence-electron chi connectivity index (χ4n) is 1.26. The summed E-state index contributed by atoms with van der Waals surface area (Å²) >= 11 is 0. The van der Waals surface area contributed by atoms with E-state index in [0.717, 1.165) is 5.56 Å². The number of sulfonamides is 1. The highest BCUT2D eigenvalue weighted by Gasteiger charge is 2.18. The molecule has 0 bridgehead atoms. The normalized spacial score (nSPS) is 12.5. The average molecular weight is 261 g/mol. The van der Waals surface area contributed by atoms with Gasteiger partial charge in [0.2, 0.25) is 10.0 Å². The molecule has 1 aromatic heterocycles. The van der Waals surface area contributed by atoms with E-state index in [4.69, 9.17) is 4.74 Å². The highest BCUT2D eigenvalue weighted by Crippen LogP contribution is 2.06. The van der Waals surface area contributed by atoms with E-state index in [-0.39, 0.29) is 18.5 Å². The fourth-order valence-corrected chi connectivity index (χ4v) is 2.23. The molecule has 1 rings (SSSR count). The molecule has 1 heterocycles. The van der Waals surface area contributed by atoms with Crippen LogP contribution in [0.25, 0.3) is 0 Å². The van der Waals surface area contributed by atoms with Gasteiger partial charge < -0.3 is 4.74 Å². The molecule has 0 unspecified atom stereocenters. The molecule has 0 aliphatic heterocycles. The van der Waals surface area contributed by atoms with E-state index < -0.39 is 10.0 Å². The van der Waals surface area contributed by atoms with Crippen LogP contribution < -0.4 is 0 Å². The van der Waals surface area contributed by atoms with E-state index in [0.29, 0.717) is 6.54 Å². The Morgan fingerprint density at radius 2 is 2.24 bits per heavy atom. The maximum absolute atomic E-state index is 11.9. The van der Waals surface area contributed by atoms with Crippen molar-refractivity contribution in [3.8, 4) is 0 Å². The summed E-state index contributed by atoms with van der Waals surface area (Å²) in [4.78, 5) is 0. The first kappa shape index (κ1) is 14.1. The molecular weight excluding hydrogens is 242 g/mol. The van der Waals surface area contributed by atoms with Gasteiger partial charge in [0.15, 0.2) is 0 Å². The third-order valence-electron chi connectivity index (χ3n) is 2.23. The molecule has 0 aromatic carbocycles. The Morgan fingerprint density at radius 1 is 1.53 bits per heavy atom. The number of hydrogen-bond acceptors (Lipinski definition) is 4. The van der Waals surface area contributed by atoms with Gasteiger partial charge in [-0.25, -0.2) is 12.7 Å². The average Bonchev–Trinajstić information content (AvgIpc) is 2.69. The van der Waals surface area contributed by atoms with Gasteiger partial charge in [0.1, 0.15) is 0 Å². The van der Waals surface area contributed by atoms with Crippen LogP contribution in [-0.2, 0) is 21.3 Å². The van der Waals surface area contributed by atoms with Crippen molar-refractivity contribution in [2.75, 3.05) is 19.4 Å². The van der Waals surface area contributed by atoms with E-state index in [9.17, 15) is 8.42 Å². The SMILES string of the molecule is CC(C)OCCS(=O)(=O)N(C)Cc1cn[nH]c1. The Kier molecular flexibility index (Phi) is 5.10. The van der Waals surface area contributed by atoms with Crippen molar-refractivity contribution in [3.05, 3.63) is 18.0 Å². The second kappa shape index (κ2) is 6.13. The topological polar surface area (TPSA) is 75.3 Å². The van der Waals surface area contributed by atoms with Crippen molar-refractivity contribution in [2.45, 2.75) is 26.5 Å². The summed E-state index contributed by atoms with van der Waals surface area (Å²) in [5.41, 5.74) is 0.834. The maximum Gasteiger partial charge on any atom is 0.216 e. The van der Waals surface area contributed by atoms with Crippen molar-refractivity contribution >= 4 is 10.0 Å². The Hall–Kier alpha value is -0.920. The third kappa shape index (κ3) is 4.84. The quantitative estimate of drug-likeness (QED) is 0.779. The van der Waals surface area contributed by atoms with E-state index in [1.807, 2.05) is 13.8 Å². The first-order valence-corrected chi connectivity index (χ1v) is 7.06. The number of nitrogens with zero attached hydrogens (tertiary/aromatic N) is 2. The van der Waals surface area contributed by atoms with Gasteiger partial charge in [-0.3, -0.25) is 5.10 Å². The zero-order valence-electron chi connectivity index (χ0n) is 10.4. The summed E-state index contributed by atoms with van der Waals surface area (Å²) in [6, 6.07) is 0. The molecule has 1 N–H and O–H groups in total. The van der Waals surface area contributed by atoms with Gasteiger partial charge in [-0.15, -0.1) is 0 Å². The lowest BCUT2D eigenvalue weighted by atomic mass is 10.4. The number of ether oxygens (including phenoxy) is 1. The summed E-state index contributed by atoms with van der Waals surface area (Å²) in [5.74, 6) is -0.000465. The second-order valence-electron chi connectivity index (χ2n) is 4.10. The van der Waals surface area contributed by atoms with E-state index in [1.54, 1.807) is 19.4 Å². The van der Waals surface area contributed by atoms with Crippen LogP contribution in [0.15, 0.2) is 12.4 Å². The lowest BCUT2D eigenvalue weighted by Gasteiger charge is -2.16. The van der Waals surface area contributed by atoms with Gasteiger partial charge in [-0.1, -0.05) is 0 Å². The molecular formula is C10H19N3O3S. The molecule has 0 saturated heterocycles. The van der Waals surface area contributed by atoms with Crippen molar-refractivity contribution in [1.29, 1.82) is 0 Å². The van der Waals surface area contributed by atoms with Crippen molar-refractivity contribution in [3.63, 3.8) is 0 Å². The molecule has 0 saturated carbocycles. The fraction of sp³-hybridized carbons (Fsp3) is 0.700. The predicted octanol–water partition coefficient (Wildman–Crippen LogP) is 0.596. The van der Waals surface area contributed by atoms with Gasteiger partial charge in [-0.05, 0) is 13.8 Å². The van der Waals surface area contributed by atoms with Gasteiger partial charge in [0.05, 0.1) is 24.7 Å². The van der Waals surface area contributed by atoms with Crippen LogP contribution in [0.1, 0.15) is 19.4 Å². The smallest absolute Gasteiger partial charge is 0.216 e. The first-order chi connectivity index (χ1) is 7.92. The molecule has 0 fully saturated rings. The van der Waals surface area contributed by atoms with Crippen molar-refractivity contribution in [1.82, 2.24) is 14.5 Å². The van der Waals surface area contributed by atoms with Gasteiger partial charge in [0, 0.05) is 25.4 Å². The largest absolute Gasteiger partial charge is 0.378 e. The number of rotatable bonds is 7. The first-order valence-electron chi connectivity index (χ1n) is 5.45. The summed E-state index contributed by atoms with van der Waals surface area (Å²) in [6.07, 6.45) is 3.33. The lowest BCUT2D eigenvalue weighted by Crippen LogP contribution is -2.30. The molecule has 0 aliphatic carbocycles. The summed E-state index contributed by atoms with van der Waals surface area (Å²) in [7, 11) is -1.71. The minimum Gasteiger partial charge on any atom is -0.378 e. The Morgan fingerprint density at radius 3 is 2.76 bits per heavy atom. The molecule has 7 heteroatoms. The van der Waals surface area contributed by atoms with Crippen LogP contribution in [0.2, 0.25) is 0 Å². The number of hydrogen-bond donors (Lipinski definition) is 1. The van der Waals surface area contributed by atoms with Gasteiger partial charge in [-0.2, -0.15) is 5.10 Å². The molecule has 0 radical (unpaired) electrons. The monoisotopic (exact) mass is 261 g/mol. The number of H-pyrrole nitrogens is 1. The molecule has 0 amide bonds. The van der Waals surface area contributed by atoms with E-state index >= 15 is 0 Å². The van der Waals surface area contributed by atoms with Crippen LogP contribution in [0, 0.1) is 0 Å². The molecule has 1 aromatic rings. The molecule has 98 valence electrons. The number of aromatic nitrogens is 2. The van der Waals surface area contributed by atoms with Crippen LogP contribution in [0.3, 0.4) is 0 Å². The zero-order chi connectivity index (χ0) is 12.9. The van der Waals surface area contributed by atoms with Crippen molar-refractivity contribution < 1.29 is 13.2 Å². The molecule has 0 aliphatic rings. The van der Waals surface area contributed by atoms with Crippen LogP contribution in [0.5, 0.6) is 0 Å². The highest BCUT2D eigenvalue weighted by molar-refractivity contribution is 7.89. The molecule has 17 heavy (non-hydrogen) atoms. The maximum atomic E-state index is 11.9. The third-order valence-corrected chi connectivity index (χ3v) is 3.99. The predicted molar refractivity (Wildman–Crippen MR) is 64.9 cm³/mol. The van der Waals surface area contributed by atoms with Crippen LogP contribution >= 0.6 is 0 Å². The number of nitrogens with one attached hydrogen (secondary N) is 1. The van der Waals surface area contributed by atoms with Crippen LogP contribution in [0.4, 0.5) is 0 Å². The summed E-state index contributed by atoms with van der Waals surface area (Å²) < 4.78 is 30.3. The lowest BCUT2D eigenvalue weighted by molar-refractivity contribution is 0.0907. The minimum absolute atomic E-state index is 0.000465. The highest BCUT2D eigenvalue weighted by atomic mass is 32.2. The van der Waals surface area contributed by atoms with E-state index in [1.165, 1.54) is 4.31 Å². The number of aromatic amines is 1. The Bertz CT molecular complexity index is 414. The van der Waals surface area contributed by atoms with Gasteiger partial charge in [0.25, 0.3) is 0 Å². The standard InChI is InChI=1S/C10H19N3O3S/c1-9(2)16-4-5-17(14,15)13(3)8-10-6-11-12-7-10/h6-7,9H,4-5,8H2,1-3H3,(H,11,12). The molecule has 0 atom stereocenters. The van der Waals surface area contributed by atoms with E-state index in [2.05, 4.69) is 10.2 Å². The minimum atomic E-state index is -3.27. The molecule has 6 nitrogen and oxygen atoms in total. The molecule has 0 spiro atoms. The Balaban J connectivity index is 2.46. The zero-order valence-corrected chi connectivity index (χ0v) is 11.2. The van der Waals surface area contributed by atoms with Crippen LogP contribution in [-0.4, -0.2) is 48.4 Å². The van der Waals surface area contributed by atoms with Crippen molar-refractivity contribution in [2.24, 2.45) is 0 Å². The Labute approximate surface area is 102 Å². The second-order valence-corrected chi connectivity index (χ2v) is 6.29. The summed E-state index contributed by atoms with van der Waals surface area (Å²) in [5, 5.41) is 6.42. The summed E-state index contributed by atoms with van der Waals surface area (Å²) in [6.45, 7) is 4.29.